The van der Waals surface area contributed by atoms with Crippen LogP contribution < -0.4 is 10.2 Å². The van der Waals surface area contributed by atoms with Crippen molar-refractivity contribution in [2.45, 2.75) is 52.1 Å². The molecule has 2 unspecified atom stereocenters. The molecule has 3 rings (SSSR count). The normalized spacial score (nSPS) is 27.0. The van der Waals surface area contributed by atoms with E-state index in [0.717, 1.165) is 43.2 Å². The summed E-state index contributed by atoms with van der Waals surface area (Å²) in [4.78, 5) is 6.95. The second-order valence-corrected chi connectivity index (χ2v) is 7.08. The zero-order chi connectivity index (χ0) is 13.5. The van der Waals surface area contributed by atoms with Gasteiger partial charge in [-0.15, -0.1) is 0 Å². The van der Waals surface area contributed by atoms with E-state index in [9.17, 15) is 0 Å². The maximum atomic E-state index is 5.65. The Labute approximate surface area is 115 Å². The number of aromatic nitrogens is 1. The molecule has 0 spiro atoms. The Morgan fingerprint density at radius 2 is 2.00 bits per heavy atom. The Kier molecular flexibility index (Phi) is 3.29. The number of hydrogen-bond donors (Lipinski definition) is 1. The molecule has 1 saturated carbocycles. The molecular weight excluding hydrogens is 238 g/mol. The SMILES string of the molecule is CC(C)(C)NCc1coc(N2CC3CCCC3C2)n1. The molecule has 1 aliphatic carbocycles. The van der Waals surface area contributed by atoms with E-state index in [1.807, 2.05) is 0 Å². The van der Waals surface area contributed by atoms with Crippen LogP contribution in [0.5, 0.6) is 0 Å². The number of oxazole rings is 1. The van der Waals surface area contributed by atoms with Gasteiger partial charge >= 0.3 is 0 Å². The van der Waals surface area contributed by atoms with Gasteiger partial charge in [-0.05, 0) is 45.4 Å². The maximum absolute atomic E-state index is 5.65. The lowest BCUT2D eigenvalue weighted by Crippen LogP contribution is -2.35. The van der Waals surface area contributed by atoms with Crippen molar-refractivity contribution in [3.63, 3.8) is 0 Å². The Morgan fingerprint density at radius 3 is 2.63 bits per heavy atom. The molecular formula is C15H25N3O. The van der Waals surface area contributed by atoms with Gasteiger partial charge in [0.15, 0.2) is 0 Å². The average molecular weight is 263 g/mol. The molecule has 0 radical (unpaired) electrons. The maximum Gasteiger partial charge on any atom is 0.297 e. The first-order valence-corrected chi connectivity index (χ1v) is 7.46. The minimum Gasteiger partial charge on any atom is -0.432 e. The van der Waals surface area contributed by atoms with E-state index < -0.39 is 0 Å². The predicted molar refractivity (Wildman–Crippen MR) is 76.1 cm³/mol. The number of nitrogens with zero attached hydrogens (tertiary/aromatic N) is 2. The molecule has 1 aromatic rings. The van der Waals surface area contributed by atoms with Gasteiger partial charge in [0, 0.05) is 25.2 Å². The third-order valence-corrected chi connectivity index (χ3v) is 4.34. The van der Waals surface area contributed by atoms with Crippen LogP contribution in [0.2, 0.25) is 0 Å². The second kappa shape index (κ2) is 4.82. The highest BCUT2D eigenvalue weighted by molar-refractivity contribution is 5.30. The van der Waals surface area contributed by atoms with Crippen LogP contribution in [-0.2, 0) is 6.54 Å². The highest BCUT2D eigenvalue weighted by Gasteiger charge is 2.37. The molecule has 1 N–H and O–H groups in total. The fourth-order valence-electron chi connectivity index (χ4n) is 3.27. The molecule has 106 valence electrons. The highest BCUT2D eigenvalue weighted by atomic mass is 16.4. The summed E-state index contributed by atoms with van der Waals surface area (Å²) in [6.07, 6.45) is 5.98. The minimum absolute atomic E-state index is 0.115. The molecule has 0 bridgehead atoms. The summed E-state index contributed by atoms with van der Waals surface area (Å²) in [5, 5.41) is 3.44. The van der Waals surface area contributed by atoms with Crippen LogP contribution in [0.15, 0.2) is 10.7 Å². The van der Waals surface area contributed by atoms with Crippen molar-refractivity contribution in [2.75, 3.05) is 18.0 Å². The molecule has 4 heteroatoms. The quantitative estimate of drug-likeness (QED) is 0.910. The van der Waals surface area contributed by atoms with Crippen LogP contribution in [0, 0.1) is 11.8 Å². The zero-order valence-corrected chi connectivity index (χ0v) is 12.3. The summed E-state index contributed by atoms with van der Waals surface area (Å²) in [5.74, 6) is 1.76. The van der Waals surface area contributed by atoms with E-state index in [0.29, 0.717) is 0 Å². The predicted octanol–water partition coefficient (Wildman–Crippen LogP) is 2.80. The molecule has 2 heterocycles. The first-order valence-electron chi connectivity index (χ1n) is 7.46. The molecule has 2 fully saturated rings. The van der Waals surface area contributed by atoms with Gasteiger partial charge in [0.2, 0.25) is 0 Å². The first-order chi connectivity index (χ1) is 9.01. The fourth-order valence-corrected chi connectivity index (χ4v) is 3.27. The number of anilines is 1. The summed E-state index contributed by atoms with van der Waals surface area (Å²) < 4.78 is 5.65. The van der Waals surface area contributed by atoms with Crippen LogP contribution in [0.1, 0.15) is 45.7 Å². The lowest BCUT2D eigenvalue weighted by Gasteiger charge is -2.19. The van der Waals surface area contributed by atoms with E-state index in [1.165, 1.54) is 19.3 Å². The first kappa shape index (κ1) is 13.0. The van der Waals surface area contributed by atoms with Crippen molar-refractivity contribution in [3.8, 4) is 0 Å². The Bertz CT molecular complexity index is 423. The summed E-state index contributed by atoms with van der Waals surface area (Å²) in [6, 6.07) is 0.820. The topological polar surface area (TPSA) is 41.3 Å². The highest BCUT2D eigenvalue weighted by Crippen LogP contribution is 2.39. The van der Waals surface area contributed by atoms with Crippen molar-refractivity contribution in [1.82, 2.24) is 10.3 Å². The average Bonchev–Trinajstić information content (AvgIpc) is 2.99. The van der Waals surface area contributed by atoms with Gasteiger partial charge < -0.3 is 14.6 Å². The van der Waals surface area contributed by atoms with E-state index in [2.05, 4.69) is 36.0 Å². The summed E-state index contributed by atoms with van der Waals surface area (Å²) in [7, 11) is 0. The van der Waals surface area contributed by atoms with E-state index in [1.54, 1.807) is 6.26 Å². The Hall–Kier alpha value is -1.03. The second-order valence-electron chi connectivity index (χ2n) is 7.08. The third-order valence-electron chi connectivity index (χ3n) is 4.34. The molecule has 19 heavy (non-hydrogen) atoms. The van der Waals surface area contributed by atoms with Crippen LogP contribution in [0.25, 0.3) is 0 Å². The largest absolute Gasteiger partial charge is 0.432 e. The summed E-state index contributed by atoms with van der Waals surface area (Å²) in [5.41, 5.74) is 1.12. The van der Waals surface area contributed by atoms with Gasteiger partial charge in [-0.25, -0.2) is 0 Å². The van der Waals surface area contributed by atoms with Gasteiger partial charge in [-0.1, -0.05) is 6.42 Å². The van der Waals surface area contributed by atoms with Gasteiger partial charge in [0.05, 0.1) is 5.69 Å². The summed E-state index contributed by atoms with van der Waals surface area (Å²) >= 11 is 0. The molecule has 1 saturated heterocycles. The lowest BCUT2D eigenvalue weighted by molar-refractivity contribution is 0.421. The molecule has 0 amide bonds. The van der Waals surface area contributed by atoms with E-state index in [4.69, 9.17) is 4.42 Å². The third kappa shape index (κ3) is 2.94. The van der Waals surface area contributed by atoms with Crippen LogP contribution in [0.3, 0.4) is 0 Å². The van der Waals surface area contributed by atoms with Crippen molar-refractivity contribution >= 4 is 6.01 Å². The van der Waals surface area contributed by atoms with E-state index in [-0.39, 0.29) is 5.54 Å². The smallest absolute Gasteiger partial charge is 0.297 e. The van der Waals surface area contributed by atoms with Crippen LogP contribution >= 0.6 is 0 Å². The lowest BCUT2D eigenvalue weighted by atomic mass is 10.0. The number of nitrogens with one attached hydrogen (secondary N) is 1. The molecule has 1 aromatic heterocycles. The van der Waals surface area contributed by atoms with Crippen molar-refractivity contribution in [2.24, 2.45) is 11.8 Å². The van der Waals surface area contributed by atoms with Crippen LogP contribution in [-0.4, -0.2) is 23.6 Å². The monoisotopic (exact) mass is 263 g/mol. The molecule has 2 atom stereocenters. The van der Waals surface area contributed by atoms with Crippen LogP contribution in [0.4, 0.5) is 6.01 Å². The number of hydrogen-bond acceptors (Lipinski definition) is 4. The summed E-state index contributed by atoms with van der Waals surface area (Å²) in [6.45, 7) is 9.53. The molecule has 4 nitrogen and oxygen atoms in total. The number of rotatable bonds is 3. The fraction of sp³-hybridized carbons (Fsp3) is 0.800. The van der Waals surface area contributed by atoms with Gasteiger partial charge in [-0.2, -0.15) is 4.98 Å². The standard InChI is InChI=1S/C15H25N3O/c1-15(2,3)16-7-13-10-19-14(17-13)18-8-11-5-4-6-12(11)9-18/h10-12,16H,4-9H2,1-3H3. The zero-order valence-electron chi connectivity index (χ0n) is 12.3. The van der Waals surface area contributed by atoms with Crippen molar-refractivity contribution in [1.29, 1.82) is 0 Å². The molecule has 2 aliphatic rings. The van der Waals surface area contributed by atoms with Crippen molar-refractivity contribution < 1.29 is 4.42 Å². The van der Waals surface area contributed by atoms with Crippen molar-refractivity contribution in [3.05, 3.63) is 12.0 Å². The Morgan fingerprint density at radius 1 is 1.32 bits per heavy atom. The van der Waals surface area contributed by atoms with Gasteiger partial charge in [0.25, 0.3) is 6.01 Å². The number of fused-ring (bicyclic) bond motifs is 1. The van der Waals surface area contributed by atoms with Gasteiger partial charge in [-0.3, -0.25) is 0 Å². The van der Waals surface area contributed by atoms with Gasteiger partial charge in [0.1, 0.15) is 6.26 Å². The molecule has 1 aliphatic heterocycles. The molecule has 0 aromatic carbocycles. The minimum atomic E-state index is 0.115. The Balaban J connectivity index is 1.59. The van der Waals surface area contributed by atoms with E-state index >= 15 is 0 Å².